The van der Waals surface area contributed by atoms with E-state index in [1.807, 2.05) is 56.7 Å². The monoisotopic (exact) mass is 352 g/mol. The van der Waals surface area contributed by atoms with Gasteiger partial charge in [-0.2, -0.15) is 0 Å². The van der Waals surface area contributed by atoms with Gasteiger partial charge in [0.25, 0.3) is 5.91 Å². The lowest BCUT2D eigenvalue weighted by molar-refractivity contribution is 0.0796. The SMILES string of the molecule is Cc1ncc(C(=O)N(C)CCc2scnc2C)c(-c2ccccc2)n1. The van der Waals surface area contributed by atoms with Crippen LogP contribution in [0.25, 0.3) is 11.3 Å². The van der Waals surface area contributed by atoms with Gasteiger partial charge >= 0.3 is 0 Å². The van der Waals surface area contributed by atoms with Crippen LogP contribution in [-0.2, 0) is 6.42 Å². The van der Waals surface area contributed by atoms with Crippen molar-refractivity contribution in [3.05, 3.63) is 64.0 Å². The molecular weight excluding hydrogens is 332 g/mol. The van der Waals surface area contributed by atoms with E-state index in [2.05, 4.69) is 15.0 Å². The van der Waals surface area contributed by atoms with Crippen LogP contribution in [0.1, 0.15) is 26.8 Å². The van der Waals surface area contributed by atoms with Gasteiger partial charge in [0.05, 0.1) is 22.5 Å². The summed E-state index contributed by atoms with van der Waals surface area (Å²) in [5.41, 5.74) is 5.00. The second kappa shape index (κ2) is 7.53. The minimum Gasteiger partial charge on any atom is -0.341 e. The molecule has 3 rings (SSSR count). The molecule has 128 valence electrons. The Morgan fingerprint density at radius 1 is 1.16 bits per heavy atom. The number of amides is 1. The molecule has 0 saturated carbocycles. The summed E-state index contributed by atoms with van der Waals surface area (Å²) in [5, 5.41) is 0. The highest BCUT2D eigenvalue weighted by molar-refractivity contribution is 7.09. The summed E-state index contributed by atoms with van der Waals surface area (Å²) in [4.78, 5) is 28.8. The lowest BCUT2D eigenvalue weighted by Crippen LogP contribution is -2.29. The molecule has 0 spiro atoms. The molecule has 0 N–H and O–H groups in total. The van der Waals surface area contributed by atoms with E-state index in [9.17, 15) is 4.79 Å². The maximum atomic E-state index is 12.9. The van der Waals surface area contributed by atoms with Gasteiger partial charge in [0.1, 0.15) is 5.82 Å². The summed E-state index contributed by atoms with van der Waals surface area (Å²) in [7, 11) is 1.81. The van der Waals surface area contributed by atoms with E-state index < -0.39 is 0 Å². The lowest BCUT2D eigenvalue weighted by Gasteiger charge is -2.18. The van der Waals surface area contributed by atoms with E-state index in [0.717, 1.165) is 17.7 Å². The smallest absolute Gasteiger partial charge is 0.257 e. The molecule has 0 bridgehead atoms. The number of thiazole rings is 1. The first-order valence-electron chi connectivity index (χ1n) is 8.09. The number of hydrogen-bond acceptors (Lipinski definition) is 5. The van der Waals surface area contributed by atoms with Gasteiger partial charge in [0, 0.05) is 36.7 Å². The summed E-state index contributed by atoms with van der Waals surface area (Å²) in [6.07, 6.45) is 2.42. The van der Waals surface area contributed by atoms with Crippen molar-refractivity contribution in [1.29, 1.82) is 0 Å². The molecule has 2 aromatic heterocycles. The van der Waals surface area contributed by atoms with Gasteiger partial charge in [0.2, 0.25) is 0 Å². The van der Waals surface area contributed by atoms with Crippen molar-refractivity contribution in [3.8, 4) is 11.3 Å². The number of carbonyl (C=O) groups is 1. The van der Waals surface area contributed by atoms with E-state index in [1.54, 1.807) is 22.4 Å². The summed E-state index contributed by atoms with van der Waals surface area (Å²) in [6.45, 7) is 4.45. The number of aryl methyl sites for hydroxylation is 2. The molecule has 1 aromatic carbocycles. The summed E-state index contributed by atoms with van der Waals surface area (Å²) in [5.74, 6) is 0.583. The summed E-state index contributed by atoms with van der Waals surface area (Å²) >= 11 is 1.63. The highest BCUT2D eigenvalue weighted by atomic mass is 32.1. The van der Waals surface area contributed by atoms with Gasteiger partial charge in [-0.05, 0) is 13.8 Å². The molecule has 0 aliphatic heterocycles. The summed E-state index contributed by atoms with van der Waals surface area (Å²) < 4.78 is 0. The third kappa shape index (κ3) is 3.91. The molecule has 0 aliphatic carbocycles. The molecule has 25 heavy (non-hydrogen) atoms. The maximum Gasteiger partial charge on any atom is 0.257 e. The largest absolute Gasteiger partial charge is 0.341 e. The molecule has 5 nitrogen and oxygen atoms in total. The van der Waals surface area contributed by atoms with Gasteiger partial charge in [-0.15, -0.1) is 11.3 Å². The first-order valence-corrected chi connectivity index (χ1v) is 8.97. The first kappa shape index (κ1) is 17.2. The fourth-order valence-corrected chi connectivity index (χ4v) is 3.36. The van der Waals surface area contributed by atoms with E-state index in [0.29, 0.717) is 23.6 Å². The number of carbonyl (C=O) groups excluding carboxylic acids is 1. The molecule has 0 atom stereocenters. The second-order valence-corrected chi connectivity index (χ2v) is 6.82. The Labute approximate surface area is 151 Å². The first-order chi connectivity index (χ1) is 12.1. The van der Waals surface area contributed by atoms with E-state index >= 15 is 0 Å². The Balaban J connectivity index is 1.83. The number of hydrogen-bond donors (Lipinski definition) is 0. The fourth-order valence-electron chi connectivity index (χ4n) is 2.59. The van der Waals surface area contributed by atoms with E-state index in [4.69, 9.17) is 0 Å². The van der Waals surface area contributed by atoms with Gasteiger partial charge in [0.15, 0.2) is 0 Å². The molecule has 0 fully saturated rings. The van der Waals surface area contributed by atoms with Crippen molar-refractivity contribution in [2.75, 3.05) is 13.6 Å². The normalized spacial score (nSPS) is 10.7. The van der Waals surface area contributed by atoms with Crippen molar-refractivity contribution in [2.45, 2.75) is 20.3 Å². The zero-order chi connectivity index (χ0) is 17.8. The van der Waals surface area contributed by atoms with Gasteiger partial charge in [-0.25, -0.2) is 15.0 Å². The minimum atomic E-state index is -0.0685. The van der Waals surface area contributed by atoms with Crippen molar-refractivity contribution in [2.24, 2.45) is 0 Å². The zero-order valence-electron chi connectivity index (χ0n) is 14.6. The van der Waals surface area contributed by atoms with Gasteiger partial charge in [-0.1, -0.05) is 30.3 Å². The number of rotatable bonds is 5. The molecule has 3 aromatic rings. The highest BCUT2D eigenvalue weighted by Crippen LogP contribution is 2.22. The standard InChI is InChI=1S/C19H20N4OS/c1-13-17(25-12-21-13)9-10-23(3)19(24)16-11-20-14(2)22-18(16)15-7-5-4-6-8-15/h4-8,11-12H,9-10H2,1-3H3. The Morgan fingerprint density at radius 3 is 2.60 bits per heavy atom. The molecular formula is C19H20N4OS. The van der Waals surface area contributed by atoms with Crippen molar-refractivity contribution < 1.29 is 4.79 Å². The Hall–Kier alpha value is -2.60. The third-order valence-electron chi connectivity index (χ3n) is 4.05. The predicted molar refractivity (Wildman–Crippen MR) is 99.7 cm³/mol. The van der Waals surface area contributed by atoms with Crippen LogP contribution in [0.3, 0.4) is 0 Å². The molecule has 0 radical (unpaired) electrons. The van der Waals surface area contributed by atoms with Crippen molar-refractivity contribution >= 4 is 17.2 Å². The zero-order valence-corrected chi connectivity index (χ0v) is 15.4. The van der Waals surface area contributed by atoms with Crippen LogP contribution in [0.2, 0.25) is 0 Å². The average molecular weight is 352 g/mol. The number of benzene rings is 1. The predicted octanol–water partition coefficient (Wildman–Crippen LogP) is 3.53. The number of aromatic nitrogens is 3. The quantitative estimate of drug-likeness (QED) is 0.705. The van der Waals surface area contributed by atoms with Crippen LogP contribution in [0.15, 0.2) is 42.0 Å². The fraction of sp³-hybridized carbons (Fsp3) is 0.263. The number of likely N-dealkylation sites (N-methyl/N-ethyl adjacent to an activating group) is 1. The lowest BCUT2D eigenvalue weighted by atomic mass is 10.1. The molecule has 1 amide bonds. The highest BCUT2D eigenvalue weighted by Gasteiger charge is 2.19. The minimum absolute atomic E-state index is 0.0685. The second-order valence-electron chi connectivity index (χ2n) is 5.88. The Bertz CT molecular complexity index is 876. The Kier molecular flexibility index (Phi) is 5.19. The molecule has 6 heteroatoms. The third-order valence-corrected chi connectivity index (χ3v) is 5.05. The van der Waals surface area contributed by atoms with Crippen LogP contribution in [0, 0.1) is 13.8 Å². The number of nitrogens with zero attached hydrogens (tertiary/aromatic N) is 4. The maximum absolute atomic E-state index is 12.9. The Morgan fingerprint density at radius 2 is 1.92 bits per heavy atom. The van der Waals surface area contributed by atoms with Crippen LogP contribution in [0.4, 0.5) is 0 Å². The van der Waals surface area contributed by atoms with Crippen LogP contribution in [-0.4, -0.2) is 39.4 Å². The van der Waals surface area contributed by atoms with Crippen molar-refractivity contribution in [3.63, 3.8) is 0 Å². The van der Waals surface area contributed by atoms with Crippen LogP contribution in [0.5, 0.6) is 0 Å². The van der Waals surface area contributed by atoms with Gasteiger partial charge in [-0.3, -0.25) is 4.79 Å². The molecule has 0 unspecified atom stereocenters. The van der Waals surface area contributed by atoms with E-state index in [-0.39, 0.29) is 5.91 Å². The molecule has 0 aliphatic rings. The molecule has 2 heterocycles. The van der Waals surface area contributed by atoms with Gasteiger partial charge < -0.3 is 4.90 Å². The van der Waals surface area contributed by atoms with Crippen LogP contribution < -0.4 is 0 Å². The van der Waals surface area contributed by atoms with Crippen molar-refractivity contribution in [1.82, 2.24) is 19.9 Å². The molecule has 0 saturated heterocycles. The van der Waals surface area contributed by atoms with Crippen LogP contribution >= 0.6 is 11.3 Å². The topological polar surface area (TPSA) is 59.0 Å². The van der Waals surface area contributed by atoms with E-state index in [1.165, 1.54) is 4.88 Å². The summed E-state index contributed by atoms with van der Waals surface area (Å²) in [6, 6.07) is 9.75. The average Bonchev–Trinajstić information content (AvgIpc) is 3.04.